The van der Waals surface area contributed by atoms with Gasteiger partial charge < -0.3 is 20.4 Å². The third-order valence-corrected chi connectivity index (χ3v) is 4.21. The van der Waals surface area contributed by atoms with Crippen molar-refractivity contribution in [3.63, 3.8) is 0 Å². The molecule has 3 N–H and O–H groups in total. The molecule has 2 aromatic heterocycles. The van der Waals surface area contributed by atoms with E-state index >= 15 is 0 Å². The number of anilines is 1. The van der Waals surface area contributed by atoms with Gasteiger partial charge in [-0.15, -0.1) is 0 Å². The molecule has 4 rings (SSSR count). The first-order valence-corrected chi connectivity index (χ1v) is 6.70. The standard InChI is InChI=1S/C14H16N5.Y/c1-8-4-11-6-16-13(15)12-7-17-14(19(11)12)9-2-3-10(5-9)18-8;/h6,9-10,18H,1-5H2,(H2,15,16);/q-1;/t9-,10?;/m1./s1. The molecule has 2 atom stereocenters. The molecule has 101 valence electrons. The topological polar surface area (TPSA) is 68.2 Å². The van der Waals surface area contributed by atoms with E-state index in [2.05, 4.69) is 32.5 Å². The molecule has 3 heterocycles. The Bertz CT molecular complexity index is 677. The molecule has 2 aliphatic rings. The summed E-state index contributed by atoms with van der Waals surface area (Å²) < 4.78 is 2.13. The molecule has 1 fully saturated rings. The number of rotatable bonds is 0. The summed E-state index contributed by atoms with van der Waals surface area (Å²) in [5, 5.41) is 3.53. The molecule has 6 heteroatoms. The molecule has 1 unspecified atom stereocenters. The number of nitrogen functional groups attached to an aromatic ring is 1. The van der Waals surface area contributed by atoms with E-state index in [-0.39, 0.29) is 32.7 Å². The summed E-state index contributed by atoms with van der Waals surface area (Å²) in [5.41, 5.74) is 8.86. The van der Waals surface area contributed by atoms with Crippen LogP contribution in [0.2, 0.25) is 0 Å². The maximum absolute atomic E-state index is 5.94. The zero-order valence-corrected chi connectivity index (χ0v) is 14.1. The van der Waals surface area contributed by atoms with Gasteiger partial charge in [0, 0.05) is 74.4 Å². The summed E-state index contributed by atoms with van der Waals surface area (Å²) in [5.74, 6) is 2.05. The number of nitrogens with one attached hydrogen (secondary N) is 1. The Hall–Kier alpha value is -0.936. The summed E-state index contributed by atoms with van der Waals surface area (Å²) in [4.78, 5) is 8.74. The van der Waals surface area contributed by atoms with Crippen LogP contribution in [-0.4, -0.2) is 20.4 Å². The van der Waals surface area contributed by atoms with E-state index in [0.29, 0.717) is 17.8 Å². The molecule has 0 spiro atoms. The predicted molar refractivity (Wildman–Crippen MR) is 72.6 cm³/mol. The molecule has 1 saturated carbocycles. The van der Waals surface area contributed by atoms with E-state index in [9.17, 15) is 0 Å². The summed E-state index contributed by atoms with van der Waals surface area (Å²) >= 11 is 0. The monoisotopic (exact) mass is 343 g/mol. The maximum Gasteiger partial charge on any atom is 0.0467 e. The van der Waals surface area contributed by atoms with Crippen LogP contribution in [0.25, 0.3) is 5.52 Å². The van der Waals surface area contributed by atoms with Gasteiger partial charge in [0.15, 0.2) is 0 Å². The molecule has 0 aromatic carbocycles. The Labute approximate surface area is 142 Å². The second-order valence-corrected chi connectivity index (χ2v) is 5.53. The van der Waals surface area contributed by atoms with E-state index in [1.165, 1.54) is 6.42 Å². The normalized spacial score (nSPS) is 24.5. The Morgan fingerprint density at radius 1 is 1.45 bits per heavy atom. The van der Waals surface area contributed by atoms with Crippen LogP contribution in [0, 0.1) is 6.20 Å². The van der Waals surface area contributed by atoms with E-state index < -0.39 is 0 Å². The molecule has 1 aliphatic carbocycles. The van der Waals surface area contributed by atoms with Crippen molar-refractivity contribution < 1.29 is 32.7 Å². The average Bonchev–Trinajstić information content (AvgIpc) is 2.99. The van der Waals surface area contributed by atoms with E-state index in [0.717, 1.165) is 42.0 Å². The van der Waals surface area contributed by atoms with E-state index in [1.54, 1.807) is 0 Å². The van der Waals surface area contributed by atoms with E-state index in [4.69, 9.17) is 5.73 Å². The fourth-order valence-electron chi connectivity index (χ4n) is 3.35. The van der Waals surface area contributed by atoms with Crippen molar-refractivity contribution in [3.8, 4) is 0 Å². The fourth-order valence-corrected chi connectivity index (χ4v) is 3.35. The largest absolute Gasteiger partial charge is 0.432 e. The second-order valence-electron chi connectivity index (χ2n) is 5.53. The van der Waals surface area contributed by atoms with Gasteiger partial charge in [-0.05, 0) is 24.3 Å². The summed E-state index contributed by atoms with van der Waals surface area (Å²) in [6, 6.07) is 0.518. The zero-order valence-electron chi connectivity index (χ0n) is 11.3. The second kappa shape index (κ2) is 5.12. The van der Waals surface area contributed by atoms with Crippen LogP contribution in [0.1, 0.15) is 36.7 Å². The van der Waals surface area contributed by atoms with Crippen molar-refractivity contribution in [3.05, 3.63) is 36.2 Å². The number of hydrogen-bond donors (Lipinski definition) is 2. The average molecular weight is 343 g/mol. The third-order valence-electron chi connectivity index (χ3n) is 4.21. The number of nitrogens with zero attached hydrogens (tertiary/aromatic N) is 3. The first kappa shape index (κ1) is 14.0. The van der Waals surface area contributed by atoms with Gasteiger partial charge in [-0.1, -0.05) is 19.2 Å². The van der Waals surface area contributed by atoms with Crippen LogP contribution in [0.3, 0.4) is 0 Å². The van der Waals surface area contributed by atoms with Crippen LogP contribution < -0.4 is 11.1 Å². The minimum absolute atomic E-state index is 0. The number of fused-ring (bicyclic) bond motifs is 3. The summed E-state index contributed by atoms with van der Waals surface area (Å²) in [7, 11) is 0. The first-order chi connectivity index (χ1) is 9.22. The molecular formula is C14H16N5Y-. The fraction of sp³-hybridized carbons (Fsp3) is 0.429. The summed E-state index contributed by atoms with van der Waals surface area (Å²) in [6.45, 7) is 4.13. The molecule has 20 heavy (non-hydrogen) atoms. The minimum Gasteiger partial charge on any atom is -0.432 e. The van der Waals surface area contributed by atoms with Gasteiger partial charge in [-0.3, -0.25) is 4.98 Å². The van der Waals surface area contributed by atoms with Crippen LogP contribution >= 0.6 is 0 Å². The van der Waals surface area contributed by atoms with Crippen molar-refractivity contribution in [2.45, 2.75) is 37.6 Å². The van der Waals surface area contributed by atoms with Crippen LogP contribution in [0.15, 0.2) is 18.5 Å². The summed E-state index contributed by atoms with van der Waals surface area (Å²) in [6.07, 6.45) is 9.05. The van der Waals surface area contributed by atoms with Gasteiger partial charge in [0.25, 0.3) is 0 Å². The number of nitrogens with two attached hydrogens (primary N) is 1. The Kier molecular flexibility index (Phi) is 3.59. The van der Waals surface area contributed by atoms with Crippen LogP contribution in [0.5, 0.6) is 0 Å². The Morgan fingerprint density at radius 3 is 3.15 bits per heavy atom. The quantitative estimate of drug-likeness (QED) is 0.710. The zero-order chi connectivity index (χ0) is 13.0. The van der Waals surface area contributed by atoms with Crippen molar-refractivity contribution in [2.24, 2.45) is 0 Å². The molecule has 5 nitrogen and oxygen atoms in total. The third kappa shape index (κ3) is 2.08. The molecule has 0 saturated heterocycles. The molecule has 2 bridgehead atoms. The minimum atomic E-state index is 0. The smallest absolute Gasteiger partial charge is 0.0467 e. The van der Waals surface area contributed by atoms with Gasteiger partial charge in [-0.25, -0.2) is 0 Å². The van der Waals surface area contributed by atoms with Crippen molar-refractivity contribution in [2.75, 3.05) is 5.73 Å². The molecule has 0 amide bonds. The van der Waals surface area contributed by atoms with Gasteiger partial charge >= 0.3 is 0 Å². The number of imidazole rings is 1. The van der Waals surface area contributed by atoms with Crippen molar-refractivity contribution in [1.82, 2.24) is 19.7 Å². The number of hydrogen-bond acceptors (Lipinski definition) is 4. The molecule has 1 radical (unpaired) electrons. The van der Waals surface area contributed by atoms with Gasteiger partial charge in [0.2, 0.25) is 0 Å². The predicted octanol–water partition coefficient (Wildman–Crippen LogP) is 1.40. The van der Waals surface area contributed by atoms with Gasteiger partial charge in [0.05, 0.1) is 0 Å². The van der Waals surface area contributed by atoms with E-state index in [1.807, 2.05) is 6.20 Å². The molecule has 2 aromatic rings. The van der Waals surface area contributed by atoms with Crippen LogP contribution in [0.4, 0.5) is 5.82 Å². The Morgan fingerprint density at radius 2 is 2.30 bits per heavy atom. The van der Waals surface area contributed by atoms with Crippen molar-refractivity contribution >= 4 is 11.3 Å². The van der Waals surface area contributed by atoms with Crippen LogP contribution in [-0.2, 0) is 39.1 Å². The first-order valence-electron chi connectivity index (χ1n) is 6.70. The number of allylic oxidation sites excluding steroid dienone is 1. The van der Waals surface area contributed by atoms with Crippen molar-refractivity contribution in [1.29, 1.82) is 0 Å². The number of aromatic nitrogens is 3. The van der Waals surface area contributed by atoms with Gasteiger partial charge in [0.1, 0.15) is 0 Å². The Balaban J connectivity index is 0.00000121. The molecular weight excluding hydrogens is 327 g/mol. The SMILES string of the molecule is C=C1Cc2cnc(N)c3[c-]nc(n23)[C@@H]2CCC(C2)N1.[Y]. The molecule has 1 aliphatic heterocycles. The maximum atomic E-state index is 5.94. The van der Waals surface area contributed by atoms with Gasteiger partial charge in [-0.2, -0.15) is 0 Å².